The second-order valence-corrected chi connectivity index (χ2v) is 5.78. The zero-order valence-electron chi connectivity index (χ0n) is 10.2. The molecule has 0 atom stereocenters. The van der Waals surface area contributed by atoms with E-state index in [9.17, 15) is 0 Å². The van der Waals surface area contributed by atoms with Gasteiger partial charge < -0.3 is 5.32 Å². The Hall–Kier alpha value is -1.72. The van der Waals surface area contributed by atoms with Crippen LogP contribution in [0.15, 0.2) is 30.5 Å². The lowest BCUT2D eigenvalue weighted by molar-refractivity contribution is 1.01. The number of hydrogen-bond acceptors (Lipinski definition) is 5. The smallest absolute Gasteiger partial charge is 0.159 e. The van der Waals surface area contributed by atoms with E-state index in [1.165, 1.54) is 4.88 Å². The van der Waals surface area contributed by atoms with E-state index < -0.39 is 0 Å². The average molecular weight is 291 g/mol. The molecular formula is C13H11ClN4S. The van der Waals surface area contributed by atoms with E-state index in [-0.39, 0.29) is 0 Å². The summed E-state index contributed by atoms with van der Waals surface area (Å²) >= 11 is 7.71. The summed E-state index contributed by atoms with van der Waals surface area (Å²) in [5.41, 5.74) is 0. The van der Waals surface area contributed by atoms with Gasteiger partial charge in [-0.1, -0.05) is 35.9 Å². The lowest BCUT2D eigenvalue weighted by atomic mass is 10.2. The summed E-state index contributed by atoms with van der Waals surface area (Å²) in [5, 5.41) is 14.6. The van der Waals surface area contributed by atoms with Crippen LogP contribution in [-0.2, 0) is 6.54 Å². The van der Waals surface area contributed by atoms with Crippen molar-refractivity contribution in [3.8, 4) is 0 Å². The molecule has 0 aliphatic carbocycles. The molecule has 2 heterocycles. The van der Waals surface area contributed by atoms with Crippen molar-refractivity contribution in [1.82, 2.24) is 15.2 Å². The maximum Gasteiger partial charge on any atom is 0.159 e. The van der Waals surface area contributed by atoms with Gasteiger partial charge in [-0.3, -0.25) is 0 Å². The summed E-state index contributed by atoms with van der Waals surface area (Å²) in [6.45, 7) is 2.68. The molecule has 1 N–H and O–H groups in total. The second-order valence-electron chi connectivity index (χ2n) is 4.10. The molecule has 0 fully saturated rings. The van der Waals surface area contributed by atoms with Crippen molar-refractivity contribution in [3.63, 3.8) is 0 Å². The maximum atomic E-state index is 6.04. The fourth-order valence-corrected chi connectivity index (χ4v) is 2.77. The minimum Gasteiger partial charge on any atom is -0.362 e. The Morgan fingerprint density at radius 3 is 2.74 bits per heavy atom. The van der Waals surface area contributed by atoms with Crippen LogP contribution in [0.5, 0.6) is 0 Å². The SMILES string of the molecule is Cc1cnc(CNc2nnc(Cl)c3ccccc23)s1. The molecule has 19 heavy (non-hydrogen) atoms. The average Bonchev–Trinajstić information content (AvgIpc) is 2.84. The molecule has 2 aromatic heterocycles. The Morgan fingerprint density at radius 2 is 2.00 bits per heavy atom. The Bertz CT molecular complexity index is 725. The summed E-state index contributed by atoms with van der Waals surface area (Å²) in [4.78, 5) is 5.51. The number of anilines is 1. The van der Waals surface area contributed by atoms with E-state index >= 15 is 0 Å². The number of benzene rings is 1. The fourth-order valence-electron chi connectivity index (χ4n) is 1.84. The predicted octanol–water partition coefficient (Wildman–Crippen LogP) is 3.66. The van der Waals surface area contributed by atoms with Crippen LogP contribution >= 0.6 is 22.9 Å². The number of thiazole rings is 1. The Balaban J connectivity index is 1.91. The fraction of sp³-hybridized carbons (Fsp3) is 0.154. The van der Waals surface area contributed by atoms with Crippen LogP contribution in [0.4, 0.5) is 5.82 Å². The van der Waals surface area contributed by atoms with Gasteiger partial charge in [0.1, 0.15) is 5.01 Å². The van der Waals surface area contributed by atoms with Gasteiger partial charge in [0.25, 0.3) is 0 Å². The molecule has 96 valence electrons. The van der Waals surface area contributed by atoms with Crippen LogP contribution in [-0.4, -0.2) is 15.2 Å². The number of nitrogens with zero attached hydrogens (tertiary/aromatic N) is 3. The third-order valence-electron chi connectivity index (χ3n) is 2.72. The minimum absolute atomic E-state index is 0.422. The maximum absolute atomic E-state index is 6.04. The van der Waals surface area contributed by atoms with Gasteiger partial charge in [0.05, 0.1) is 6.54 Å². The molecule has 4 nitrogen and oxygen atoms in total. The van der Waals surface area contributed by atoms with Gasteiger partial charge in [0.15, 0.2) is 11.0 Å². The number of fused-ring (bicyclic) bond motifs is 1. The first-order valence-corrected chi connectivity index (χ1v) is 6.99. The zero-order valence-corrected chi connectivity index (χ0v) is 11.8. The molecule has 3 aromatic rings. The van der Waals surface area contributed by atoms with Crippen molar-refractivity contribution in [2.75, 3.05) is 5.32 Å². The molecule has 0 aliphatic heterocycles. The van der Waals surface area contributed by atoms with Gasteiger partial charge in [0.2, 0.25) is 0 Å². The van der Waals surface area contributed by atoms with E-state index in [1.807, 2.05) is 37.4 Å². The minimum atomic E-state index is 0.422. The second kappa shape index (κ2) is 5.11. The highest BCUT2D eigenvalue weighted by Crippen LogP contribution is 2.26. The van der Waals surface area contributed by atoms with Gasteiger partial charge in [-0.05, 0) is 6.92 Å². The lowest BCUT2D eigenvalue weighted by Crippen LogP contribution is -2.03. The number of rotatable bonds is 3. The van der Waals surface area contributed by atoms with Crippen molar-refractivity contribution < 1.29 is 0 Å². The van der Waals surface area contributed by atoms with Crippen LogP contribution < -0.4 is 5.32 Å². The molecule has 0 saturated heterocycles. The highest BCUT2D eigenvalue weighted by Gasteiger charge is 2.07. The van der Waals surface area contributed by atoms with E-state index in [0.29, 0.717) is 11.7 Å². The Kier molecular flexibility index (Phi) is 3.31. The topological polar surface area (TPSA) is 50.7 Å². The highest BCUT2D eigenvalue weighted by molar-refractivity contribution is 7.11. The predicted molar refractivity (Wildman–Crippen MR) is 78.7 cm³/mol. The number of nitrogens with one attached hydrogen (secondary N) is 1. The Morgan fingerprint density at radius 1 is 1.21 bits per heavy atom. The summed E-state index contributed by atoms with van der Waals surface area (Å²) < 4.78 is 0. The molecule has 0 radical (unpaired) electrons. The van der Waals surface area contributed by atoms with Crippen LogP contribution in [0.3, 0.4) is 0 Å². The molecule has 0 aliphatic rings. The van der Waals surface area contributed by atoms with Crippen molar-refractivity contribution in [3.05, 3.63) is 45.5 Å². The van der Waals surface area contributed by atoms with E-state index in [4.69, 9.17) is 11.6 Å². The van der Waals surface area contributed by atoms with Gasteiger partial charge in [-0.15, -0.1) is 21.5 Å². The largest absolute Gasteiger partial charge is 0.362 e. The van der Waals surface area contributed by atoms with Crippen LogP contribution in [0.1, 0.15) is 9.88 Å². The van der Waals surface area contributed by atoms with Crippen molar-refractivity contribution in [2.24, 2.45) is 0 Å². The normalized spacial score (nSPS) is 10.8. The van der Waals surface area contributed by atoms with Crippen molar-refractivity contribution >= 4 is 39.5 Å². The molecule has 3 rings (SSSR count). The molecular weight excluding hydrogens is 280 g/mol. The Labute approximate surface area is 119 Å². The third kappa shape index (κ3) is 2.52. The summed E-state index contributed by atoms with van der Waals surface area (Å²) in [6.07, 6.45) is 1.87. The first-order chi connectivity index (χ1) is 9.24. The number of halogens is 1. The molecule has 0 bridgehead atoms. The third-order valence-corrected chi connectivity index (χ3v) is 3.91. The molecule has 0 amide bonds. The first kappa shape index (κ1) is 12.3. The first-order valence-electron chi connectivity index (χ1n) is 5.80. The molecule has 1 aromatic carbocycles. The van der Waals surface area contributed by atoms with Crippen LogP contribution in [0, 0.1) is 6.92 Å². The highest BCUT2D eigenvalue weighted by atomic mass is 35.5. The number of hydrogen-bond donors (Lipinski definition) is 1. The van der Waals surface area contributed by atoms with Gasteiger partial charge >= 0.3 is 0 Å². The van der Waals surface area contributed by atoms with E-state index in [2.05, 4.69) is 20.5 Å². The summed E-state index contributed by atoms with van der Waals surface area (Å²) in [5.74, 6) is 0.729. The number of aromatic nitrogens is 3. The molecule has 0 unspecified atom stereocenters. The zero-order chi connectivity index (χ0) is 13.2. The van der Waals surface area contributed by atoms with Gasteiger partial charge in [0, 0.05) is 21.8 Å². The van der Waals surface area contributed by atoms with Crippen molar-refractivity contribution in [1.29, 1.82) is 0 Å². The van der Waals surface area contributed by atoms with E-state index in [0.717, 1.165) is 21.6 Å². The standard InChI is InChI=1S/C13H11ClN4S/c1-8-6-15-11(19-8)7-16-13-10-5-3-2-4-9(10)12(14)17-18-13/h2-6H,7H2,1H3,(H,16,18). The number of aryl methyl sites for hydroxylation is 1. The monoisotopic (exact) mass is 290 g/mol. The van der Waals surface area contributed by atoms with Gasteiger partial charge in [-0.25, -0.2) is 4.98 Å². The van der Waals surface area contributed by atoms with Crippen molar-refractivity contribution in [2.45, 2.75) is 13.5 Å². The van der Waals surface area contributed by atoms with E-state index in [1.54, 1.807) is 11.3 Å². The lowest BCUT2D eigenvalue weighted by Gasteiger charge is -2.07. The summed E-state index contributed by atoms with van der Waals surface area (Å²) in [6, 6.07) is 7.80. The quantitative estimate of drug-likeness (QED) is 0.800. The molecule has 0 spiro atoms. The van der Waals surface area contributed by atoms with Gasteiger partial charge in [-0.2, -0.15) is 0 Å². The van der Waals surface area contributed by atoms with Crippen LogP contribution in [0.25, 0.3) is 10.8 Å². The molecule has 0 saturated carbocycles. The van der Waals surface area contributed by atoms with Crippen LogP contribution in [0.2, 0.25) is 5.15 Å². The molecule has 6 heteroatoms. The summed E-state index contributed by atoms with van der Waals surface area (Å²) in [7, 11) is 0.